The monoisotopic (exact) mass is 634 g/mol. The Hall–Kier alpha value is -4.48. The number of likely N-dealkylation sites (N-methyl/N-ethyl adjacent to an activating group) is 2. The number of nitrogens with zero attached hydrogens (tertiary/aromatic N) is 6. The normalized spacial score (nSPS) is 20.2. The van der Waals surface area contributed by atoms with Crippen LogP contribution in [-0.4, -0.2) is 88.3 Å². The van der Waals surface area contributed by atoms with Crippen LogP contribution in [0.25, 0.3) is 17.5 Å². The van der Waals surface area contributed by atoms with Gasteiger partial charge < -0.3 is 24.8 Å². The molecule has 1 unspecified atom stereocenters. The van der Waals surface area contributed by atoms with E-state index < -0.39 is 11.6 Å². The second-order valence-electron chi connectivity index (χ2n) is 12.4. The van der Waals surface area contributed by atoms with Crippen molar-refractivity contribution in [1.82, 2.24) is 35.3 Å². The Morgan fingerprint density at radius 1 is 1.28 bits per heavy atom. The zero-order chi connectivity index (χ0) is 33.4. The van der Waals surface area contributed by atoms with Gasteiger partial charge in [-0.15, -0.1) is 5.10 Å². The van der Waals surface area contributed by atoms with Crippen LogP contribution in [0.2, 0.25) is 0 Å². The molecule has 0 saturated heterocycles. The first-order valence-corrected chi connectivity index (χ1v) is 15.7. The molecule has 4 heterocycles. The van der Waals surface area contributed by atoms with Gasteiger partial charge in [-0.25, -0.2) is 9.97 Å². The number of aromatic amines is 1. The van der Waals surface area contributed by atoms with Gasteiger partial charge in [0, 0.05) is 63.6 Å². The van der Waals surface area contributed by atoms with Gasteiger partial charge in [0.1, 0.15) is 17.0 Å². The van der Waals surface area contributed by atoms with E-state index in [0.717, 1.165) is 47.7 Å². The fourth-order valence-electron chi connectivity index (χ4n) is 5.97. The second kappa shape index (κ2) is 12.7. The number of alkyl halides is 2. The van der Waals surface area contributed by atoms with Gasteiger partial charge in [0.05, 0.1) is 25.0 Å². The molecule has 1 saturated carbocycles. The van der Waals surface area contributed by atoms with E-state index in [2.05, 4.69) is 33.9 Å². The summed E-state index contributed by atoms with van der Waals surface area (Å²) >= 11 is 0. The number of hydrogen-bond acceptors (Lipinski definition) is 8. The lowest BCUT2D eigenvalue weighted by Gasteiger charge is -2.37. The number of hydrogen-bond donors (Lipinski definition) is 2. The third-order valence-corrected chi connectivity index (χ3v) is 8.81. The fourth-order valence-corrected chi connectivity index (χ4v) is 5.97. The summed E-state index contributed by atoms with van der Waals surface area (Å²) < 4.78 is 34.1. The van der Waals surface area contributed by atoms with E-state index >= 15 is 0 Å². The highest BCUT2D eigenvalue weighted by Crippen LogP contribution is 2.46. The number of carbonyl (C=O) groups is 1. The lowest BCUT2D eigenvalue weighted by molar-refractivity contribution is -0.124. The summed E-state index contributed by atoms with van der Waals surface area (Å²) in [5, 5.41) is 10.5. The van der Waals surface area contributed by atoms with Crippen LogP contribution >= 0.6 is 0 Å². The molecule has 5 rings (SSSR count). The third kappa shape index (κ3) is 6.29. The molecule has 1 atom stereocenters. The number of fused-ring (bicyclic) bond motifs is 1. The number of anilines is 1. The number of nitrogens with one attached hydrogen (secondary N) is 2. The Kier molecular flexibility index (Phi) is 9.10. The molecule has 2 N–H and O–H groups in total. The number of halogens is 2. The van der Waals surface area contributed by atoms with Crippen molar-refractivity contribution in [3.05, 3.63) is 70.9 Å². The summed E-state index contributed by atoms with van der Waals surface area (Å²) in [5.74, 6) is -1.04. The maximum atomic E-state index is 14.3. The first-order chi connectivity index (χ1) is 21.8. The fraction of sp³-hybridized carbons (Fsp3) is 0.471. The lowest BCUT2D eigenvalue weighted by atomic mass is 9.98. The Bertz CT molecular complexity index is 1630. The van der Waals surface area contributed by atoms with Crippen LogP contribution in [0, 0.1) is 0 Å². The summed E-state index contributed by atoms with van der Waals surface area (Å²) in [6.07, 6.45) is 13.6. The molecule has 1 fully saturated rings. The maximum absolute atomic E-state index is 14.3. The number of carbonyl (C=O) groups excluding carboxylic acids is 1. The minimum atomic E-state index is -3.00. The van der Waals surface area contributed by atoms with E-state index in [0.29, 0.717) is 55.1 Å². The van der Waals surface area contributed by atoms with Gasteiger partial charge in [-0.1, -0.05) is 37.3 Å². The summed E-state index contributed by atoms with van der Waals surface area (Å²) in [4.78, 5) is 28.4. The highest BCUT2D eigenvalue weighted by molar-refractivity contribution is 6.00. The number of rotatable bonds is 12. The van der Waals surface area contributed by atoms with Crippen molar-refractivity contribution in [3.63, 3.8) is 0 Å². The summed E-state index contributed by atoms with van der Waals surface area (Å²) in [6, 6.07) is 0. The number of aromatic nitrogens is 4. The SMILES string of the molecule is C=C/C(=C\C=C(/CC)CN1CC(C(=O)N(C)C)=Cc2cnc(-c3c(OC)n[nH]c3C3CC3)nc21)C1(C)NC(C(C)(F)F)=CN1CC. The number of allylic oxidation sites excluding steroid dienone is 3. The van der Waals surface area contributed by atoms with Crippen LogP contribution in [0.5, 0.6) is 5.88 Å². The number of ether oxygens (including phenoxy) is 1. The largest absolute Gasteiger partial charge is 0.479 e. The minimum absolute atomic E-state index is 0.0842. The van der Waals surface area contributed by atoms with Crippen LogP contribution in [0.4, 0.5) is 14.6 Å². The van der Waals surface area contributed by atoms with Gasteiger partial charge in [0.15, 0.2) is 5.82 Å². The smallest absolute Gasteiger partial charge is 0.286 e. The average molecular weight is 635 g/mol. The molecule has 0 spiro atoms. The highest BCUT2D eigenvalue weighted by Gasteiger charge is 2.43. The molecule has 0 bridgehead atoms. The first-order valence-electron chi connectivity index (χ1n) is 15.7. The van der Waals surface area contributed by atoms with Crippen LogP contribution < -0.4 is 15.0 Å². The van der Waals surface area contributed by atoms with E-state index in [1.54, 1.807) is 38.4 Å². The highest BCUT2D eigenvalue weighted by atomic mass is 19.3. The Balaban J connectivity index is 1.51. The van der Waals surface area contributed by atoms with E-state index in [1.807, 2.05) is 37.0 Å². The zero-order valence-electron chi connectivity index (χ0n) is 27.7. The molecule has 1 aliphatic carbocycles. The Morgan fingerprint density at radius 2 is 2.02 bits per heavy atom. The molecule has 2 aliphatic heterocycles. The first kappa shape index (κ1) is 32.9. The molecule has 0 aromatic carbocycles. The van der Waals surface area contributed by atoms with Gasteiger partial charge in [-0.3, -0.25) is 9.89 Å². The van der Waals surface area contributed by atoms with Crippen molar-refractivity contribution in [2.24, 2.45) is 0 Å². The molecule has 2 aromatic heterocycles. The topological polar surface area (TPSA) is 103 Å². The van der Waals surface area contributed by atoms with Gasteiger partial charge in [-0.2, -0.15) is 8.78 Å². The Morgan fingerprint density at radius 3 is 2.61 bits per heavy atom. The van der Waals surface area contributed by atoms with Crippen molar-refractivity contribution >= 4 is 17.8 Å². The molecule has 1 amide bonds. The molecule has 3 aliphatic rings. The predicted molar refractivity (Wildman–Crippen MR) is 176 cm³/mol. The average Bonchev–Trinajstić information content (AvgIpc) is 3.68. The standard InChI is InChI=1S/C34H44F2N8O2/c1-9-21(12-15-25(10-2)34(5)39-26(33(4,35)36)20-44(34)11-3)18-43-19-24(32(45)42(6)7)16-23-17-37-29(38-30(23)43)27-28(22-13-14-22)40-41-31(27)46-8/h10,12,15-17,20,22,39H,2,9,11,13-14,18-19H2,1,3-8H3,(H,40,41)/b21-12+,25-15+. The zero-order valence-corrected chi connectivity index (χ0v) is 27.7. The van der Waals surface area contributed by atoms with Crippen LogP contribution in [-0.2, 0) is 4.79 Å². The second-order valence-corrected chi connectivity index (χ2v) is 12.4. The maximum Gasteiger partial charge on any atom is 0.286 e. The van der Waals surface area contributed by atoms with Gasteiger partial charge in [-0.05, 0) is 44.8 Å². The Labute approximate surface area is 269 Å². The van der Waals surface area contributed by atoms with E-state index in [4.69, 9.17) is 14.7 Å². The van der Waals surface area contributed by atoms with Crippen LogP contribution in [0.15, 0.2) is 59.6 Å². The molecule has 0 radical (unpaired) electrons. The summed E-state index contributed by atoms with van der Waals surface area (Å²) in [5.41, 5.74) is 3.90. The van der Waals surface area contributed by atoms with E-state index in [1.165, 1.54) is 6.20 Å². The summed E-state index contributed by atoms with van der Waals surface area (Å²) in [7, 11) is 5.05. The quantitative estimate of drug-likeness (QED) is 0.290. The molecular weight excluding hydrogens is 590 g/mol. The lowest BCUT2D eigenvalue weighted by Crippen LogP contribution is -2.51. The van der Waals surface area contributed by atoms with E-state index in [9.17, 15) is 13.6 Å². The molecule has 10 nitrogen and oxygen atoms in total. The molecule has 12 heteroatoms. The number of H-pyrrole nitrogens is 1. The molecular formula is C34H44F2N8O2. The van der Waals surface area contributed by atoms with Crippen molar-refractivity contribution in [3.8, 4) is 17.3 Å². The number of amides is 1. The van der Waals surface area contributed by atoms with Gasteiger partial charge in [0.2, 0.25) is 5.88 Å². The molecule has 46 heavy (non-hydrogen) atoms. The predicted octanol–water partition coefficient (Wildman–Crippen LogP) is 5.63. The van der Waals surface area contributed by atoms with Crippen LogP contribution in [0.1, 0.15) is 64.1 Å². The van der Waals surface area contributed by atoms with E-state index in [-0.39, 0.29) is 11.6 Å². The van der Waals surface area contributed by atoms with Crippen molar-refractivity contribution in [2.45, 2.75) is 64.5 Å². The number of methoxy groups -OCH3 is 1. The van der Waals surface area contributed by atoms with Crippen molar-refractivity contribution in [2.75, 3.05) is 45.7 Å². The minimum Gasteiger partial charge on any atom is -0.479 e. The van der Waals surface area contributed by atoms with Gasteiger partial charge in [0.25, 0.3) is 11.8 Å². The van der Waals surface area contributed by atoms with Crippen molar-refractivity contribution in [1.29, 1.82) is 0 Å². The molecule has 2 aromatic rings. The summed E-state index contributed by atoms with van der Waals surface area (Å²) in [6.45, 7) is 12.1. The molecule has 246 valence electrons. The van der Waals surface area contributed by atoms with Crippen LogP contribution in [0.3, 0.4) is 0 Å². The van der Waals surface area contributed by atoms with Gasteiger partial charge >= 0.3 is 0 Å². The van der Waals surface area contributed by atoms with Crippen molar-refractivity contribution < 1.29 is 18.3 Å². The third-order valence-electron chi connectivity index (χ3n) is 8.81.